The van der Waals surface area contributed by atoms with Gasteiger partial charge in [-0.2, -0.15) is 0 Å². The molecule has 0 bridgehead atoms. The Kier molecular flexibility index (Phi) is 4.67. The molecule has 1 unspecified atom stereocenters. The fourth-order valence-electron chi connectivity index (χ4n) is 2.51. The van der Waals surface area contributed by atoms with Crippen molar-refractivity contribution >= 4 is 11.9 Å². The van der Waals surface area contributed by atoms with Crippen molar-refractivity contribution in [3.8, 4) is 11.5 Å². The Labute approximate surface area is 123 Å². The molecular weight excluding hydrogens is 274 g/mol. The zero-order valence-corrected chi connectivity index (χ0v) is 12.2. The molecule has 1 amide bonds. The van der Waals surface area contributed by atoms with Crippen LogP contribution in [0.15, 0.2) is 18.2 Å². The molecule has 1 atom stereocenters. The number of aliphatic carboxylic acids is 1. The SMILES string of the molecule is COc1ccc(C(=O)N2CCCC(C(=O)O)C2)c(OC)c1. The normalized spacial score (nSPS) is 18.2. The molecule has 114 valence electrons. The summed E-state index contributed by atoms with van der Waals surface area (Å²) in [6.07, 6.45) is 1.31. The Balaban J connectivity index is 2.21. The Hall–Kier alpha value is -2.24. The zero-order chi connectivity index (χ0) is 15.4. The van der Waals surface area contributed by atoms with Crippen molar-refractivity contribution < 1.29 is 24.2 Å². The van der Waals surface area contributed by atoms with Gasteiger partial charge >= 0.3 is 5.97 Å². The van der Waals surface area contributed by atoms with E-state index in [2.05, 4.69) is 0 Å². The molecule has 0 spiro atoms. The predicted octanol–water partition coefficient (Wildman–Crippen LogP) is 1.64. The third kappa shape index (κ3) is 3.26. The molecule has 1 aromatic rings. The van der Waals surface area contributed by atoms with Gasteiger partial charge in [-0.05, 0) is 25.0 Å². The Morgan fingerprint density at radius 1 is 1.29 bits per heavy atom. The largest absolute Gasteiger partial charge is 0.497 e. The van der Waals surface area contributed by atoms with Crippen LogP contribution in [0.2, 0.25) is 0 Å². The topological polar surface area (TPSA) is 76.1 Å². The number of amides is 1. The maximum atomic E-state index is 12.6. The minimum Gasteiger partial charge on any atom is -0.497 e. The van der Waals surface area contributed by atoms with Crippen LogP contribution >= 0.6 is 0 Å². The highest BCUT2D eigenvalue weighted by atomic mass is 16.5. The van der Waals surface area contributed by atoms with Gasteiger partial charge in [-0.25, -0.2) is 0 Å². The van der Waals surface area contributed by atoms with E-state index in [-0.39, 0.29) is 12.5 Å². The van der Waals surface area contributed by atoms with E-state index in [1.54, 1.807) is 30.2 Å². The van der Waals surface area contributed by atoms with Gasteiger partial charge in [0.2, 0.25) is 0 Å². The van der Waals surface area contributed by atoms with Gasteiger partial charge in [-0.3, -0.25) is 9.59 Å². The monoisotopic (exact) mass is 293 g/mol. The van der Waals surface area contributed by atoms with E-state index in [4.69, 9.17) is 14.6 Å². The summed E-state index contributed by atoms with van der Waals surface area (Å²) in [6.45, 7) is 0.807. The standard InChI is InChI=1S/C15H19NO5/c1-20-11-5-6-12(13(8-11)21-2)14(17)16-7-3-4-10(9-16)15(18)19/h5-6,8,10H,3-4,7,9H2,1-2H3,(H,18,19). The smallest absolute Gasteiger partial charge is 0.308 e. The van der Waals surface area contributed by atoms with Crippen molar-refractivity contribution in [3.05, 3.63) is 23.8 Å². The number of rotatable bonds is 4. The molecule has 2 rings (SSSR count). The summed E-state index contributed by atoms with van der Waals surface area (Å²) in [6, 6.07) is 4.98. The van der Waals surface area contributed by atoms with Gasteiger partial charge in [-0.15, -0.1) is 0 Å². The highest BCUT2D eigenvalue weighted by Crippen LogP contribution is 2.27. The molecule has 1 aliphatic rings. The second-order valence-electron chi connectivity index (χ2n) is 4.99. The van der Waals surface area contributed by atoms with Crippen molar-refractivity contribution in [2.75, 3.05) is 27.3 Å². The molecule has 1 heterocycles. The number of carboxylic acids is 1. The van der Waals surface area contributed by atoms with E-state index in [1.807, 2.05) is 0 Å². The van der Waals surface area contributed by atoms with Crippen LogP contribution in [0.5, 0.6) is 11.5 Å². The van der Waals surface area contributed by atoms with Gasteiger partial charge in [0.25, 0.3) is 5.91 Å². The van der Waals surface area contributed by atoms with Crippen molar-refractivity contribution in [2.45, 2.75) is 12.8 Å². The molecule has 21 heavy (non-hydrogen) atoms. The van der Waals surface area contributed by atoms with Crippen LogP contribution in [-0.2, 0) is 4.79 Å². The molecule has 0 aromatic heterocycles. The molecule has 0 aliphatic carbocycles. The molecule has 0 radical (unpaired) electrons. The van der Waals surface area contributed by atoms with Crippen molar-refractivity contribution in [1.82, 2.24) is 4.90 Å². The van der Waals surface area contributed by atoms with Gasteiger partial charge in [0.15, 0.2) is 0 Å². The van der Waals surface area contributed by atoms with Gasteiger partial charge in [0, 0.05) is 19.2 Å². The van der Waals surface area contributed by atoms with E-state index in [9.17, 15) is 9.59 Å². The number of carboxylic acid groups (broad SMARTS) is 1. The Bertz CT molecular complexity index is 543. The molecule has 6 heteroatoms. The highest BCUT2D eigenvalue weighted by Gasteiger charge is 2.29. The lowest BCUT2D eigenvalue weighted by atomic mass is 9.97. The molecule has 6 nitrogen and oxygen atoms in total. The average Bonchev–Trinajstić information content (AvgIpc) is 2.53. The minimum absolute atomic E-state index is 0.208. The number of carbonyl (C=O) groups is 2. The first kappa shape index (κ1) is 15.2. The van der Waals surface area contributed by atoms with Gasteiger partial charge in [0.1, 0.15) is 11.5 Å². The second kappa shape index (κ2) is 6.47. The number of hydrogen-bond donors (Lipinski definition) is 1. The molecule has 0 saturated carbocycles. The Morgan fingerprint density at radius 3 is 2.67 bits per heavy atom. The number of benzene rings is 1. The Morgan fingerprint density at radius 2 is 2.05 bits per heavy atom. The lowest BCUT2D eigenvalue weighted by Gasteiger charge is -2.31. The van der Waals surface area contributed by atoms with Gasteiger partial charge in [-0.1, -0.05) is 0 Å². The number of likely N-dealkylation sites (tertiary alicyclic amines) is 1. The molecule has 1 fully saturated rings. The maximum absolute atomic E-state index is 12.6. The fraction of sp³-hybridized carbons (Fsp3) is 0.467. The number of nitrogens with zero attached hydrogens (tertiary/aromatic N) is 1. The number of hydrogen-bond acceptors (Lipinski definition) is 4. The van der Waals surface area contributed by atoms with Crippen LogP contribution in [0, 0.1) is 5.92 Å². The van der Waals surface area contributed by atoms with E-state index < -0.39 is 11.9 Å². The van der Waals surface area contributed by atoms with Gasteiger partial charge in [0.05, 0.1) is 25.7 Å². The zero-order valence-electron chi connectivity index (χ0n) is 12.2. The number of ether oxygens (including phenoxy) is 2. The lowest BCUT2D eigenvalue weighted by molar-refractivity contribution is -0.143. The highest BCUT2D eigenvalue weighted by molar-refractivity contribution is 5.97. The first-order chi connectivity index (χ1) is 10.1. The summed E-state index contributed by atoms with van der Waals surface area (Å²) in [4.78, 5) is 25.2. The number of methoxy groups -OCH3 is 2. The summed E-state index contributed by atoms with van der Waals surface area (Å²) in [5.41, 5.74) is 0.421. The second-order valence-corrected chi connectivity index (χ2v) is 4.99. The number of carbonyl (C=O) groups excluding carboxylic acids is 1. The maximum Gasteiger partial charge on any atom is 0.308 e. The predicted molar refractivity (Wildman–Crippen MR) is 75.8 cm³/mol. The molecule has 1 N–H and O–H groups in total. The summed E-state index contributed by atoms with van der Waals surface area (Å²) in [7, 11) is 3.03. The summed E-state index contributed by atoms with van der Waals surface area (Å²) < 4.78 is 10.3. The van der Waals surface area contributed by atoms with Gasteiger partial charge < -0.3 is 19.5 Å². The van der Waals surface area contributed by atoms with E-state index in [1.165, 1.54) is 7.11 Å². The van der Waals surface area contributed by atoms with Crippen LogP contribution in [-0.4, -0.2) is 49.2 Å². The van der Waals surface area contributed by atoms with Crippen molar-refractivity contribution in [3.63, 3.8) is 0 Å². The fourth-order valence-corrected chi connectivity index (χ4v) is 2.51. The van der Waals surface area contributed by atoms with Crippen molar-refractivity contribution in [2.24, 2.45) is 5.92 Å². The molecule has 1 aliphatic heterocycles. The van der Waals surface area contributed by atoms with Crippen LogP contribution in [0.4, 0.5) is 0 Å². The molecule has 1 aromatic carbocycles. The van der Waals surface area contributed by atoms with Crippen LogP contribution in [0.1, 0.15) is 23.2 Å². The third-order valence-corrected chi connectivity index (χ3v) is 3.70. The molecular formula is C15H19NO5. The summed E-state index contributed by atoms with van der Waals surface area (Å²) in [5.74, 6) is -0.524. The van der Waals surface area contributed by atoms with E-state index in [0.717, 1.165) is 0 Å². The average molecular weight is 293 g/mol. The van der Waals surface area contributed by atoms with Crippen molar-refractivity contribution in [1.29, 1.82) is 0 Å². The molecule has 1 saturated heterocycles. The van der Waals surface area contributed by atoms with E-state index in [0.29, 0.717) is 36.4 Å². The number of piperidine rings is 1. The summed E-state index contributed by atoms with van der Waals surface area (Å²) in [5, 5.41) is 9.10. The van der Waals surface area contributed by atoms with Crippen LogP contribution in [0.25, 0.3) is 0 Å². The quantitative estimate of drug-likeness (QED) is 0.913. The first-order valence-electron chi connectivity index (χ1n) is 6.81. The van der Waals surface area contributed by atoms with Crippen LogP contribution < -0.4 is 9.47 Å². The summed E-state index contributed by atoms with van der Waals surface area (Å²) >= 11 is 0. The van der Waals surface area contributed by atoms with Crippen LogP contribution in [0.3, 0.4) is 0 Å². The third-order valence-electron chi connectivity index (χ3n) is 3.70. The van der Waals surface area contributed by atoms with E-state index >= 15 is 0 Å². The lowest BCUT2D eigenvalue weighted by Crippen LogP contribution is -2.42. The minimum atomic E-state index is -0.853. The first-order valence-corrected chi connectivity index (χ1v) is 6.81.